The summed E-state index contributed by atoms with van der Waals surface area (Å²) in [6.07, 6.45) is 1.01. The van der Waals surface area contributed by atoms with E-state index in [4.69, 9.17) is 9.47 Å². The van der Waals surface area contributed by atoms with Crippen LogP contribution in [0.2, 0.25) is 0 Å². The van der Waals surface area contributed by atoms with E-state index in [1.54, 1.807) is 7.05 Å². The Labute approximate surface area is 115 Å². The number of ether oxygens (including phenoxy) is 2. The quantitative estimate of drug-likeness (QED) is 0.819. The maximum Gasteiger partial charge on any atom is 0.324 e. The molecule has 1 unspecified atom stereocenters. The highest BCUT2D eigenvalue weighted by molar-refractivity contribution is 5.26. The molecule has 0 aliphatic rings. The molecule has 1 heterocycles. The Morgan fingerprint density at radius 1 is 0.947 bits per heavy atom. The molecule has 0 saturated carbocycles. The minimum Gasteiger partial charge on any atom is -0.461 e. The number of hydrogen-bond donors (Lipinski definition) is 1. The molecule has 1 rings (SSSR count). The van der Waals surface area contributed by atoms with E-state index in [0.29, 0.717) is 17.9 Å². The fraction of sp³-hybridized carbons (Fsp3) is 0.769. The minimum atomic E-state index is 0.00745. The van der Waals surface area contributed by atoms with Gasteiger partial charge in [0.2, 0.25) is 5.95 Å². The van der Waals surface area contributed by atoms with Crippen molar-refractivity contribution in [3.63, 3.8) is 0 Å². The van der Waals surface area contributed by atoms with Gasteiger partial charge in [-0.05, 0) is 33.1 Å². The SMILES string of the molecule is CNc1nc(OC(C)C)nc(OC(C)CC(C)C)n1. The van der Waals surface area contributed by atoms with Gasteiger partial charge in [-0.1, -0.05) is 13.8 Å². The van der Waals surface area contributed by atoms with Crippen LogP contribution in [-0.2, 0) is 0 Å². The Kier molecular flexibility index (Phi) is 5.79. The maximum absolute atomic E-state index is 5.71. The zero-order chi connectivity index (χ0) is 14.4. The van der Waals surface area contributed by atoms with Crippen molar-refractivity contribution in [1.82, 2.24) is 15.0 Å². The first-order valence-electron chi connectivity index (χ1n) is 6.67. The van der Waals surface area contributed by atoms with Crippen LogP contribution in [0.3, 0.4) is 0 Å². The van der Waals surface area contributed by atoms with E-state index in [1.165, 1.54) is 0 Å². The second kappa shape index (κ2) is 7.11. The summed E-state index contributed by atoms with van der Waals surface area (Å²) in [6, 6.07) is 0.573. The van der Waals surface area contributed by atoms with E-state index >= 15 is 0 Å². The number of hydrogen-bond acceptors (Lipinski definition) is 6. The lowest BCUT2D eigenvalue weighted by Crippen LogP contribution is -2.18. The van der Waals surface area contributed by atoms with Gasteiger partial charge in [0, 0.05) is 7.05 Å². The van der Waals surface area contributed by atoms with E-state index in [0.717, 1.165) is 6.42 Å². The van der Waals surface area contributed by atoms with Crippen molar-refractivity contribution in [2.75, 3.05) is 12.4 Å². The molecule has 0 amide bonds. The number of rotatable bonds is 7. The van der Waals surface area contributed by atoms with Crippen LogP contribution < -0.4 is 14.8 Å². The third-order valence-electron chi connectivity index (χ3n) is 2.27. The smallest absolute Gasteiger partial charge is 0.324 e. The highest BCUT2D eigenvalue weighted by Gasteiger charge is 2.13. The van der Waals surface area contributed by atoms with E-state index in [-0.39, 0.29) is 18.2 Å². The molecule has 1 aromatic rings. The topological polar surface area (TPSA) is 69.2 Å². The van der Waals surface area contributed by atoms with Crippen LogP contribution in [-0.4, -0.2) is 34.2 Å². The molecule has 1 aromatic heterocycles. The lowest BCUT2D eigenvalue weighted by molar-refractivity contribution is 0.168. The van der Waals surface area contributed by atoms with Gasteiger partial charge in [-0.2, -0.15) is 9.97 Å². The molecule has 0 saturated heterocycles. The Bertz CT molecular complexity index is 396. The molecule has 1 N–H and O–H groups in total. The first kappa shape index (κ1) is 15.5. The van der Waals surface area contributed by atoms with Crippen molar-refractivity contribution < 1.29 is 9.47 Å². The van der Waals surface area contributed by atoms with Crippen LogP contribution in [0, 0.1) is 5.92 Å². The second-order valence-corrected chi connectivity index (χ2v) is 5.20. The van der Waals surface area contributed by atoms with E-state index in [9.17, 15) is 0 Å². The number of anilines is 1. The van der Waals surface area contributed by atoms with Gasteiger partial charge in [0.15, 0.2) is 0 Å². The fourth-order valence-corrected chi connectivity index (χ4v) is 1.66. The van der Waals surface area contributed by atoms with E-state index in [2.05, 4.69) is 34.1 Å². The number of aromatic nitrogens is 3. The van der Waals surface area contributed by atoms with E-state index < -0.39 is 0 Å². The average Bonchev–Trinajstić information content (AvgIpc) is 2.26. The molecule has 1 atom stereocenters. The summed E-state index contributed by atoms with van der Waals surface area (Å²) >= 11 is 0. The summed E-state index contributed by atoms with van der Waals surface area (Å²) in [5.74, 6) is 1.00. The first-order chi connectivity index (χ1) is 8.90. The third-order valence-corrected chi connectivity index (χ3v) is 2.27. The summed E-state index contributed by atoms with van der Waals surface area (Å²) in [4.78, 5) is 12.5. The summed E-state index contributed by atoms with van der Waals surface area (Å²) in [6.45, 7) is 10.2. The zero-order valence-corrected chi connectivity index (χ0v) is 12.6. The molecule has 0 spiro atoms. The van der Waals surface area contributed by atoms with Gasteiger partial charge in [-0.25, -0.2) is 0 Å². The molecule has 0 aliphatic heterocycles. The van der Waals surface area contributed by atoms with Crippen LogP contribution >= 0.6 is 0 Å². The largest absolute Gasteiger partial charge is 0.461 e. The zero-order valence-electron chi connectivity index (χ0n) is 12.6. The van der Waals surface area contributed by atoms with Crippen molar-refractivity contribution >= 4 is 5.95 Å². The monoisotopic (exact) mass is 268 g/mol. The highest BCUT2D eigenvalue weighted by atomic mass is 16.5. The molecule has 0 bridgehead atoms. The van der Waals surface area contributed by atoms with Crippen molar-refractivity contribution in [3.05, 3.63) is 0 Å². The molecule has 108 valence electrons. The van der Waals surface area contributed by atoms with Gasteiger partial charge >= 0.3 is 12.0 Å². The van der Waals surface area contributed by atoms with Crippen LogP contribution in [0.4, 0.5) is 5.95 Å². The van der Waals surface area contributed by atoms with Crippen molar-refractivity contribution in [1.29, 1.82) is 0 Å². The van der Waals surface area contributed by atoms with Gasteiger partial charge < -0.3 is 14.8 Å². The van der Waals surface area contributed by atoms with Gasteiger partial charge in [0.1, 0.15) is 0 Å². The lowest BCUT2D eigenvalue weighted by Gasteiger charge is -2.16. The average molecular weight is 268 g/mol. The van der Waals surface area contributed by atoms with Crippen molar-refractivity contribution in [3.8, 4) is 12.0 Å². The maximum atomic E-state index is 5.71. The third kappa shape index (κ3) is 5.72. The summed E-state index contributed by atoms with van der Waals surface area (Å²) in [7, 11) is 1.75. The molecule has 6 nitrogen and oxygen atoms in total. The van der Waals surface area contributed by atoms with Crippen LogP contribution in [0.5, 0.6) is 12.0 Å². The van der Waals surface area contributed by atoms with Crippen molar-refractivity contribution in [2.24, 2.45) is 5.92 Å². The van der Waals surface area contributed by atoms with Crippen LogP contribution in [0.25, 0.3) is 0 Å². The minimum absolute atomic E-state index is 0.00745. The molecular formula is C13H24N4O2. The van der Waals surface area contributed by atoms with Crippen molar-refractivity contribution in [2.45, 2.75) is 53.2 Å². The van der Waals surface area contributed by atoms with Gasteiger partial charge in [0.25, 0.3) is 0 Å². The van der Waals surface area contributed by atoms with Gasteiger partial charge in [-0.3, -0.25) is 0 Å². The Balaban J connectivity index is 2.81. The lowest BCUT2D eigenvalue weighted by atomic mass is 10.1. The summed E-state index contributed by atoms with van der Waals surface area (Å²) < 4.78 is 11.2. The molecule has 0 aromatic carbocycles. The molecule has 6 heteroatoms. The Hall–Kier alpha value is -1.59. The fourth-order valence-electron chi connectivity index (χ4n) is 1.66. The molecular weight excluding hydrogens is 244 g/mol. The molecule has 19 heavy (non-hydrogen) atoms. The van der Waals surface area contributed by atoms with Gasteiger partial charge in [-0.15, -0.1) is 4.98 Å². The van der Waals surface area contributed by atoms with Crippen LogP contribution in [0.1, 0.15) is 41.0 Å². The normalized spacial score (nSPS) is 12.6. The Morgan fingerprint density at radius 2 is 1.53 bits per heavy atom. The molecule has 0 radical (unpaired) electrons. The molecule has 0 fully saturated rings. The second-order valence-electron chi connectivity index (χ2n) is 5.20. The number of nitrogens with one attached hydrogen (secondary N) is 1. The van der Waals surface area contributed by atoms with E-state index in [1.807, 2.05) is 20.8 Å². The van der Waals surface area contributed by atoms with Gasteiger partial charge in [0.05, 0.1) is 12.2 Å². The highest BCUT2D eigenvalue weighted by Crippen LogP contribution is 2.16. The standard InChI is InChI=1S/C13H24N4O2/c1-8(2)7-10(5)19-13-16-11(14-6)15-12(17-13)18-9(3)4/h8-10H,7H2,1-6H3,(H,14,15,16,17). The predicted octanol–water partition coefficient (Wildman–Crippen LogP) is 2.51. The van der Waals surface area contributed by atoms with Crippen LogP contribution in [0.15, 0.2) is 0 Å². The number of nitrogens with zero attached hydrogens (tertiary/aromatic N) is 3. The first-order valence-corrected chi connectivity index (χ1v) is 6.67. The summed E-state index contributed by atoms with van der Waals surface area (Å²) in [5.41, 5.74) is 0. The Morgan fingerprint density at radius 3 is 2.00 bits per heavy atom. The summed E-state index contributed by atoms with van der Waals surface area (Å²) in [5, 5.41) is 2.87. The molecule has 0 aliphatic carbocycles. The predicted molar refractivity (Wildman–Crippen MR) is 74.7 cm³/mol.